The van der Waals surface area contributed by atoms with Gasteiger partial charge in [-0.25, -0.2) is 0 Å². The molecule has 1 amide bonds. The molecule has 5 nitrogen and oxygen atoms in total. The molecule has 1 aliphatic heterocycles. The van der Waals surface area contributed by atoms with E-state index in [-0.39, 0.29) is 16.7 Å². The lowest BCUT2D eigenvalue weighted by Crippen LogP contribution is -2.31. The third-order valence-electron chi connectivity index (χ3n) is 5.70. The number of hydrogen-bond donors (Lipinski definition) is 1. The van der Waals surface area contributed by atoms with Crippen LogP contribution in [0.3, 0.4) is 0 Å². The Morgan fingerprint density at radius 1 is 1.03 bits per heavy atom. The van der Waals surface area contributed by atoms with Crippen LogP contribution in [0.15, 0.2) is 54.1 Å². The third kappa shape index (κ3) is 4.72. The van der Waals surface area contributed by atoms with Gasteiger partial charge in [-0.05, 0) is 29.9 Å². The molecule has 0 saturated carbocycles. The molecule has 1 saturated heterocycles. The van der Waals surface area contributed by atoms with Crippen LogP contribution in [0, 0.1) is 6.92 Å². The van der Waals surface area contributed by atoms with Gasteiger partial charge in [0.25, 0.3) is 11.7 Å². The van der Waals surface area contributed by atoms with Gasteiger partial charge in [0, 0.05) is 25.8 Å². The van der Waals surface area contributed by atoms with Gasteiger partial charge in [-0.2, -0.15) is 0 Å². The predicted octanol–water partition coefficient (Wildman–Crippen LogP) is 4.75. The van der Waals surface area contributed by atoms with Gasteiger partial charge < -0.3 is 14.7 Å². The van der Waals surface area contributed by atoms with Crippen LogP contribution >= 0.6 is 0 Å². The number of ketones is 1. The second kappa shape index (κ2) is 9.06. The number of benzene rings is 2. The summed E-state index contributed by atoms with van der Waals surface area (Å²) >= 11 is 0. The van der Waals surface area contributed by atoms with Crippen molar-refractivity contribution < 1.29 is 19.4 Å². The van der Waals surface area contributed by atoms with Crippen molar-refractivity contribution in [3.8, 4) is 0 Å². The summed E-state index contributed by atoms with van der Waals surface area (Å²) in [5.41, 5.74) is 3.66. The van der Waals surface area contributed by atoms with E-state index in [2.05, 4.69) is 20.8 Å². The second-order valence-corrected chi connectivity index (χ2v) is 9.08. The summed E-state index contributed by atoms with van der Waals surface area (Å²) in [6.45, 7) is 9.21. The zero-order valence-corrected chi connectivity index (χ0v) is 18.9. The normalized spacial score (nSPS) is 18.6. The minimum Gasteiger partial charge on any atom is -0.507 e. The van der Waals surface area contributed by atoms with Crippen LogP contribution in [-0.2, 0) is 19.7 Å². The van der Waals surface area contributed by atoms with E-state index >= 15 is 0 Å². The zero-order chi connectivity index (χ0) is 22.8. The number of rotatable bonds is 6. The van der Waals surface area contributed by atoms with Crippen LogP contribution < -0.4 is 0 Å². The minimum absolute atomic E-state index is 0.0132. The number of methoxy groups -OCH3 is 1. The maximum atomic E-state index is 13.0. The number of aliphatic hydroxyl groups is 1. The topological polar surface area (TPSA) is 66.8 Å². The molecule has 1 aliphatic rings. The van der Waals surface area contributed by atoms with E-state index in [9.17, 15) is 14.7 Å². The molecular formula is C26H31NO4. The average Bonchev–Trinajstić information content (AvgIpc) is 2.98. The van der Waals surface area contributed by atoms with E-state index in [0.29, 0.717) is 25.1 Å². The molecule has 1 heterocycles. The summed E-state index contributed by atoms with van der Waals surface area (Å²) in [5.74, 6) is -1.38. The molecule has 0 aromatic heterocycles. The minimum atomic E-state index is -0.652. The van der Waals surface area contributed by atoms with E-state index in [1.807, 2.05) is 43.3 Å². The van der Waals surface area contributed by atoms with E-state index in [1.165, 1.54) is 0 Å². The Balaban J connectivity index is 2.11. The highest BCUT2D eigenvalue weighted by Gasteiger charge is 2.45. The van der Waals surface area contributed by atoms with Gasteiger partial charge in [0.1, 0.15) is 5.76 Å². The van der Waals surface area contributed by atoms with Crippen LogP contribution in [0.5, 0.6) is 0 Å². The summed E-state index contributed by atoms with van der Waals surface area (Å²) in [7, 11) is 1.61. The molecular weight excluding hydrogens is 390 g/mol. The van der Waals surface area contributed by atoms with Gasteiger partial charge in [-0.15, -0.1) is 0 Å². The lowest BCUT2D eigenvalue weighted by Gasteiger charge is -2.26. The molecule has 0 bridgehead atoms. The highest BCUT2D eigenvalue weighted by molar-refractivity contribution is 6.46. The Morgan fingerprint density at radius 3 is 2.19 bits per heavy atom. The average molecular weight is 422 g/mol. The van der Waals surface area contributed by atoms with Gasteiger partial charge in [0.2, 0.25) is 0 Å². The van der Waals surface area contributed by atoms with Crippen molar-refractivity contribution in [3.63, 3.8) is 0 Å². The fourth-order valence-corrected chi connectivity index (χ4v) is 3.87. The Morgan fingerprint density at radius 2 is 1.65 bits per heavy atom. The summed E-state index contributed by atoms with van der Waals surface area (Å²) in [5, 5.41) is 11.1. The number of aryl methyl sites for hydroxylation is 1. The van der Waals surface area contributed by atoms with Crippen LogP contribution in [0.25, 0.3) is 5.76 Å². The zero-order valence-electron chi connectivity index (χ0n) is 18.9. The molecule has 0 spiro atoms. The first-order valence-corrected chi connectivity index (χ1v) is 10.6. The first kappa shape index (κ1) is 22.8. The Labute approximate surface area is 184 Å². The standard InChI is InChI=1S/C26H31NO4/c1-17-7-9-19(10-8-17)23(28)21-22(18-11-13-20(14-12-18)26(2,3)4)27(15-6-16-31-5)25(30)24(21)29/h7-14,22,28H,6,15-16H2,1-5H3/t22-/m0/s1. The van der Waals surface area contributed by atoms with Crippen LogP contribution in [0.4, 0.5) is 0 Å². The predicted molar refractivity (Wildman–Crippen MR) is 122 cm³/mol. The fourth-order valence-electron chi connectivity index (χ4n) is 3.87. The highest BCUT2D eigenvalue weighted by atomic mass is 16.5. The first-order valence-electron chi connectivity index (χ1n) is 10.6. The fraction of sp³-hybridized carbons (Fsp3) is 0.385. The van der Waals surface area contributed by atoms with Gasteiger partial charge in [-0.1, -0.05) is 74.9 Å². The van der Waals surface area contributed by atoms with Crippen LogP contribution in [0.1, 0.15) is 55.5 Å². The molecule has 1 atom stereocenters. The van der Waals surface area contributed by atoms with Gasteiger partial charge in [-0.3, -0.25) is 9.59 Å². The molecule has 1 fully saturated rings. The Kier molecular flexibility index (Phi) is 6.65. The van der Waals surface area contributed by atoms with Crippen molar-refractivity contribution in [2.75, 3.05) is 20.3 Å². The highest BCUT2D eigenvalue weighted by Crippen LogP contribution is 2.40. The smallest absolute Gasteiger partial charge is 0.295 e. The number of likely N-dealkylation sites (tertiary alicyclic amines) is 1. The number of hydrogen-bond acceptors (Lipinski definition) is 4. The van der Waals surface area contributed by atoms with E-state index in [4.69, 9.17) is 4.74 Å². The van der Waals surface area contributed by atoms with Crippen molar-refractivity contribution in [2.24, 2.45) is 0 Å². The van der Waals surface area contributed by atoms with Crippen molar-refractivity contribution in [1.82, 2.24) is 4.90 Å². The molecule has 0 unspecified atom stereocenters. The van der Waals surface area contributed by atoms with Gasteiger partial charge in [0.15, 0.2) is 0 Å². The third-order valence-corrected chi connectivity index (χ3v) is 5.70. The maximum absolute atomic E-state index is 13.0. The molecule has 2 aromatic carbocycles. The number of carbonyl (C=O) groups excluding carboxylic acids is 2. The largest absolute Gasteiger partial charge is 0.507 e. The SMILES string of the molecule is COCCCN1C(=O)C(=O)C(=C(O)c2ccc(C)cc2)[C@@H]1c1ccc(C(C)(C)C)cc1. The molecule has 31 heavy (non-hydrogen) atoms. The van der Waals surface area contributed by atoms with Crippen molar-refractivity contribution >= 4 is 17.4 Å². The molecule has 1 N–H and O–H groups in total. The molecule has 0 aliphatic carbocycles. The number of Topliss-reactive ketones (excluding diaryl/α,β-unsaturated/α-hetero) is 1. The van der Waals surface area contributed by atoms with Crippen molar-refractivity contribution in [2.45, 2.75) is 45.6 Å². The maximum Gasteiger partial charge on any atom is 0.295 e. The number of carbonyl (C=O) groups is 2. The van der Waals surface area contributed by atoms with E-state index in [0.717, 1.165) is 16.7 Å². The lowest BCUT2D eigenvalue weighted by atomic mass is 9.85. The van der Waals surface area contributed by atoms with Gasteiger partial charge in [0.05, 0.1) is 11.6 Å². The summed E-state index contributed by atoms with van der Waals surface area (Å²) < 4.78 is 5.13. The number of amides is 1. The first-order chi connectivity index (χ1) is 14.6. The monoisotopic (exact) mass is 421 g/mol. The number of aliphatic hydroxyl groups excluding tert-OH is 1. The van der Waals surface area contributed by atoms with E-state index in [1.54, 1.807) is 24.1 Å². The number of nitrogens with zero attached hydrogens (tertiary/aromatic N) is 1. The van der Waals surface area contributed by atoms with Crippen LogP contribution in [0.2, 0.25) is 0 Å². The Bertz CT molecular complexity index is 982. The molecule has 3 rings (SSSR count). The molecule has 5 heteroatoms. The van der Waals surface area contributed by atoms with E-state index < -0.39 is 17.7 Å². The summed E-state index contributed by atoms with van der Waals surface area (Å²) in [4.78, 5) is 27.4. The van der Waals surface area contributed by atoms with Crippen molar-refractivity contribution in [3.05, 3.63) is 76.4 Å². The second-order valence-electron chi connectivity index (χ2n) is 9.08. The molecule has 0 radical (unpaired) electrons. The van der Waals surface area contributed by atoms with Crippen LogP contribution in [-0.4, -0.2) is 42.0 Å². The van der Waals surface area contributed by atoms with Crippen molar-refractivity contribution in [1.29, 1.82) is 0 Å². The molecule has 2 aromatic rings. The lowest BCUT2D eigenvalue weighted by molar-refractivity contribution is -0.140. The number of ether oxygens (including phenoxy) is 1. The Hall–Kier alpha value is -2.92. The summed E-state index contributed by atoms with van der Waals surface area (Å²) in [6.07, 6.45) is 0.602. The summed E-state index contributed by atoms with van der Waals surface area (Å²) in [6, 6.07) is 14.6. The quantitative estimate of drug-likeness (QED) is 0.316. The van der Waals surface area contributed by atoms with Gasteiger partial charge >= 0.3 is 0 Å². The molecule has 164 valence electrons.